The monoisotopic (exact) mass is 317 g/mol. The molecular formula is C13H24ClN5O2. The highest BCUT2D eigenvalue weighted by atomic mass is 35.5. The SMILES string of the molecule is CC(C)c1noc(CN(C)CC(=O)N2CCNCC2)n1.Cl. The van der Waals surface area contributed by atoms with E-state index < -0.39 is 0 Å². The standard InChI is InChI=1S/C13H23N5O2.ClH/c1-10(2)13-15-11(20-16-13)8-17(3)9-12(19)18-6-4-14-5-7-18;/h10,14H,4-9H2,1-3H3;1H. The Morgan fingerprint density at radius 3 is 2.67 bits per heavy atom. The maximum Gasteiger partial charge on any atom is 0.240 e. The molecule has 0 unspecified atom stereocenters. The molecule has 2 heterocycles. The molecule has 1 aliphatic heterocycles. The van der Waals surface area contributed by atoms with E-state index in [2.05, 4.69) is 15.5 Å². The van der Waals surface area contributed by atoms with Crippen molar-refractivity contribution >= 4 is 18.3 Å². The van der Waals surface area contributed by atoms with Gasteiger partial charge in [-0.2, -0.15) is 4.98 Å². The molecule has 1 aromatic rings. The molecule has 21 heavy (non-hydrogen) atoms. The van der Waals surface area contributed by atoms with E-state index in [1.54, 1.807) is 0 Å². The average Bonchev–Trinajstić information content (AvgIpc) is 2.88. The summed E-state index contributed by atoms with van der Waals surface area (Å²) in [5, 5.41) is 7.16. The molecule has 0 bridgehead atoms. The van der Waals surface area contributed by atoms with Crippen LogP contribution in [0.4, 0.5) is 0 Å². The zero-order chi connectivity index (χ0) is 14.5. The molecule has 1 aromatic heterocycles. The average molecular weight is 318 g/mol. The smallest absolute Gasteiger partial charge is 0.240 e. The first-order valence-electron chi connectivity index (χ1n) is 7.05. The molecule has 0 aliphatic carbocycles. The summed E-state index contributed by atoms with van der Waals surface area (Å²) >= 11 is 0. The summed E-state index contributed by atoms with van der Waals surface area (Å²) in [6.07, 6.45) is 0. The van der Waals surface area contributed by atoms with Crippen LogP contribution in [0.15, 0.2) is 4.52 Å². The third-order valence-corrected chi connectivity index (χ3v) is 3.28. The second-order valence-electron chi connectivity index (χ2n) is 5.50. The number of hydrogen-bond acceptors (Lipinski definition) is 6. The van der Waals surface area contributed by atoms with Crippen LogP contribution >= 0.6 is 12.4 Å². The van der Waals surface area contributed by atoms with Crippen molar-refractivity contribution in [2.75, 3.05) is 39.8 Å². The van der Waals surface area contributed by atoms with Gasteiger partial charge in [-0.25, -0.2) is 0 Å². The van der Waals surface area contributed by atoms with Crippen LogP contribution in [0, 0.1) is 0 Å². The van der Waals surface area contributed by atoms with Crippen LogP contribution in [0.2, 0.25) is 0 Å². The van der Waals surface area contributed by atoms with Crippen LogP contribution in [-0.2, 0) is 11.3 Å². The minimum Gasteiger partial charge on any atom is -0.339 e. The predicted octanol–water partition coefficient (Wildman–Crippen LogP) is 0.478. The highest BCUT2D eigenvalue weighted by Gasteiger charge is 2.19. The minimum atomic E-state index is 0. The summed E-state index contributed by atoms with van der Waals surface area (Å²) in [5.74, 6) is 1.67. The Morgan fingerprint density at radius 2 is 2.10 bits per heavy atom. The Labute approximate surface area is 131 Å². The van der Waals surface area contributed by atoms with Crippen molar-refractivity contribution in [1.29, 1.82) is 0 Å². The summed E-state index contributed by atoms with van der Waals surface area (Å²) in [7, 11) is 1.89. The number of hydrogen-bond donors (Lipinski definition) is 1. The first-order valence-corrected chi connectivity index (χ1v) is 7.05. The van der Waals surface area contributed by atoms with Crippen molar-refractivity contribution in [2.45, 2.75) is 26.3 Å². The molecule has 0 saturated carbocycles. The molecule has 0 spiro atoms. The third kappa shape index (κ3) is 5.26. The van der Waals surface area contributed by atoms with Gasteiger partial charge in [0, 0.05) is 32.1 Å². The van der Waals surface area contributed by atoms with Gasteiger partial charge < -0.3 is 14.7 Å². The van der Waals surface area contributed by atoms with Gasteiger partial charge in [0.15, 0.2) is 5.82 Å². The fourth-order valence-corrected chi connectivity index (χ4v) is 2.10. The van der Waals surface area contributed by atoms with E-state index in [0.717, 1.165) is 26.2 Å². The topological polar surface area (TPSA) is 74.5 Å². The van der Waals surface area contributed by atoms with Crippen molar-refractivity contribution in [2.24, 2.45) is 0 Å². The van der Waals surface area contributed by atoms with Gasteiger partial charge in [0.1, 0.15) is 0 Å². The lowest BCUT2D eigenvalue weighted by Gasteiger charge is -2.28. The van der Waals surface area contributed by atoms with Crippen molar-refractivity contribution in [3.63, 3.8) is 0 Å². The molecule has 120 valence electrons. The summed E-state index contributed by atoms with van der Waals surface area (Å²) in [6.45, 7) is 8.22. The number of likely N-dealkylation sites (N-methyl/N-ethyl adjacent to an activating group) is 1. The van der Waals surface area contributed by atoms with E-state index in [1.165, 1.54) is 0 Å². The number of aromatic nitrogens is 2. The van der Waals surface area contributed by atoms with Crippen molar-refractivity contribution in [3.8, 4) is 0 Å². The highest BCUT2D eigenvalue weighted by Crippen LogP contribution is 2.10. The van der Waals surface area contributed by atoms with Crippen LogP contribution in [-0.4, -0.2) is 65.6 Å². The molecule has 0 radical (unpaired) electrons. The number of amides is 1. The van der Waals surface area contributed by atoms with Crippen LogP contribution in [0.1, 0.15) is 31.5 Å². The molecular weight excluding hydrogens is 294 g/mol. The molecule has 8 heteroatoms. The van der Waals surface area contributed by atoms with Gasteiger partial charge in [0.2, 0.25) is 11.8 Å². The van der Waals surface area contributed by atoms with Crippen LogP contribution in [0.3, 0.4) is 0 Å². The summed E-state index contributed by atoms with van der Waals surface area (Å²) in [5.41, 5.74) is 0. The van der Waals surface area contributed by atoms with Crippen molar-refractivity contribution in [1.82, 2.24) is 25.3 Å². The lowest BCUT2D eigenvalue weighted by Crippen LogP contribution is -2.49. The molecule has 1 N–H and O–H groups in total. The first kappa shape index (κ1) is 17.9. The molecule has 1 saturated heterocycles. The Morgan fingerprint density at radius 1 is 1.43 bits per heavy atom. The van der Waals surface area contributed by atoms with Gasteiger partial charge in [0.25, 0.3) is 0 Å². The zero-order valence-corrected chi connectivity index (χ0v) is 13.7. The summed E-state index contributed by atoms with van der Waals surface area (Å²) in [6, 6.07) is 0. The van der Waals surface area contributed by atoms with Crippen LogP contribution in [0.25, 0.3) is 0 Å². The fraction of sp³-hybridized carbons (Fsp3) is 0.769. The van der Waals surface area contributed by atoms with E-state index in [4.69, 9.17) is 4.52 Å². The number of nitrogens with one attached hydrogen (secondary N) is 1. The minimum absolute atomic E-state index is 0. The maximum atomic E-state index is 12.1. The van der Waals surface area contributed by atoms with E-state index in [-0.39, 0.29) is 24.2 Å². The number of halogens is 1. The number of piperazine rings is 1. The lowest BCUT2D eigenvalue weighted by molar-refractivity contribution is -0.132. The van der Waals surface area contributed by atoms with Crippen LogP contribution < -0.4 is 5.32 Å². The molecule has 1 aliphatic rings. The van der Waals surface area contributed by atoms with Crippen molar-refractivity contribution in [3.05, 3.63) is 11.7 Å². The van der Waals surface area contributed by atoms with Gasteiger partial charge in [-0.1, -0.05) is 19.0 Å². The Kier molecular flexibility index (Phi) is 7.07. The van der Waals surface area contributed by atoms with Gasteiger partial charge in [-0.05, 0) is 7.05 Å². The van der Waals surface area contributed by atoms with E-state index in [9.17, 15) is 4.79 Å². The van der Waals surface area contributed by atoms with Gasteiger partial charge in [0.05, 0.1) is 13.1 Å². The Bertz CT molecular complexity index is 446. The van der Waals surface area contributed by atoms with Crippen molar-refractivity contribution < 1.29 is 9.32 Å². The number of nitrogens with zero attached hydrogens (tertiary/aromatic N) is 4. The Balaban J connectivity index is 0.00000220. The highest BCUT2D eigenvalue weighted by molar-refractivity contribution is 5.85. The Hall–Kier alpha value is -1.18. The quantitative estimate of drug-likeness (QED) is 0.851. The second-order valence-corrected chi connectivity index (χ2v) is 5.50. The number of carbonyl (C=O) groups excluding carboxylic acids is 1. The first-order chi connectivity index (χ1) is 9.56. The number of carbonyl (C=O) groups is 1. The number of rotatable bonds is 5. The molecule has 1 amide bonds. The normalized spacial score (nSPS) is 15.4. The zero-order valence-electron chi connectivity index (χ0n) is 12.8. The van der Waals surface area contributed by atoms with E-state index in [1.807, 2.05) is 30.7 Å². The van der Waals surface area contributed by atoms with Crippen LogP contribution in [0.5, 0.6) is 0 Å². The van der Waals surface area contributed by atoms with E-state index in [0.29, 0.717) is 24.8 Å². The summed E-state index contributed by atoms with van der Waals surface area (Å²) < 4.78 is 5.19. The fourth-order valence-electron chi connectivity index (χ4n) is 2.10. The molecule has 2 rings (SSSR count). The maximum absolute atomic E-state index is 12.1. The van der Waals surface area contributed by atoms with Gasteiger partial charge in [-0.15, -0.1) is 12.4 Å². The molecule has 1 fully saturated rings. The van der Waals surface area contributed by atoms with Gasteiger partial charge >= 0.3 is 0 Å². The predicted molar refractivity (Wildman–Crippen MR) is 81.4 cm³/mol. The molecule has 0 aromatic carbocycles. The second kappa shape index (κ2) is 8.31. The molecule has 0 atom stereocenters. The molecule has 7 nitrogen and oxygen atoms in total. The van der Waals surface area contributed by atoms with Gasteiger partial charge in [-0.3, -0.25) is 9.69 Å². The largest absolute Gasteiger partial charge is 0.339 e. The summed E-state index contributed by atoms with van der Waals surface area (Å²) in [4.78, 5) is 20.2. The third-order valence-electron chi connectivity index (χ3n) is 3.28. The van der Waals surface area contributed by atoms with E-state index >= 15 is 0 Å². The lowest BCUT2D eigenvalue weighted by atomic mass is 10.2.